The number of ether oxygens (including phenoxy) is 1. The first-order valence-corrected chi connectivity index (χ1v) is 8.22. The molecule has 122 valence electrons. The summed E-state index contributed by atoms with van der Waals surface area (Å²) in [5, 5.41) is 0. The smallest absolute Gasteiger partial charge is 0.232 e. The van der Waals surface area contributed by atoms with E-state index in [1.165, 1.54) is 0 Å². The SMILES string of the molecule is CC(C)(C(=O)N1CCC(OCCCN)CC1)c1ccccc1. The Hall–Kier alpha value is -1.39. The lowest BCUT2D eigenvalue weighted by Crippen LogP contribution is -2.48. The van der Waals surface area contributed by atoms with E-state index in [0.29, 0.717) is 6.54 Å². The molecular formula is C18H28N2O2. The van der Waals surface area contributed by atoms with Crippen molar-refractivity contribution >= 4 is 5.91 Å². The molecule has 4 nitrogen and oxygen atoms in total. The van der Waals surface area contributed by atoms with Crippen molar-refractivity contribution in [2.45, 2.75) is 44.6 Å². The molecule has 1 saturated heterocycles. The molecule has 2 rings (SSSR count). The lowest BCUT2D eigenvalue weighted by molar-refractivity contribution is -0.139. The van der Waals surface area contributed by atoms with Crippen LogP contribution in [-0.4, -0.2) is 43.2 Å². The van der Waals surface area contributed by atoms with Gasteiger partial charge in [-0.1, -0.05) is 30.3 Å². The molecule has 1 aromatic carbocycles. The highest BCUT2D eigenvalue weighted by atomic mass is 16.5. The fourth-order valence-corrected chi connectivity index (χ4v) is 2.93. The van der Waals surface area contributed by atoms with Crippen molar-refractivity contribution in [2.24, 2.45) is 5.73 Å². The van der Waals surface area contributed by atoms with Crippen LogP contribution < -0.4 is 5.73 Å². The van der Waals surface area contributed by atoms with Crippen LogP contribution in [0.25, 0.3) is 0 Å². The van der Waals surface area contributed by atoms with Gasteiger partial charge in [0.15, 0.2) is 0 Å². The number of piperidine rings is 1. The van der Waals surface area contributed by atoms with Gasteiger partial charge >= 0.3 is 0 Å². The van der Waals surface area contributed by atoms with Crippen LogP contribution in [0.5, 0.6) is 0 Å². The van der Waals surface area contributed by atoms with E-state index in [4.69, 9.17) is 10.5 Å². The van der Waals surface area contributed by atoms with Crippen molar-refractivity contribution in [1.82, 2.24) is 4.90 Å². The number of likely N-dealkylation sites (tertiary alicyclic amines) is 1. The molecule has 0 radical (unpaired) electrons. The van der Waals surface area contributed by atoms with Gasteiger partial charge in [0.25, 0.3) is 0 Å². The number of carbonyl (C=O) groups excluding carboxylic acids is 1. The lowest BCUT2D eigenvalue weighted by atomic mass is 9.82. The zero-order chi connectivity index (χ0) is 16.0. The second kappa shape index (κ2) is 7.75. The Labute approximate surface area is 133 Å². The van der Waals surface area contributed by atoms with E-state index in [0.717, 1.165) is 44.5 Å². The van der Waals surface area contributed by atoms with Gasteiger partial charge in [0.05, 0.1) is 11.5 Å². The number of nitrogens with two attached hydrogens (primary N) is 1. The highest BCUT2D eigenvalue weighted by Gasteiger charge is 2.35. The van der Waals surface area contributed by atoms with Crippen LogP contribution in [0.4, 0.5) is 0 Å². The molecule has 22 heavy (non-hydrogen) atoms. The highest BCUT2D eigenvalue weighted by Crippen LogP contribution is 2.27. The number of amides is 1. The number of nitrogens with zero attached hydrogens (tertiary/aromatic N) is 1. The minimum absolute atomic E-state index is 0.208. The molecule has 1 fully saturated rings. The maximum absolute atomic E-state index is 12.9. The van der Waals surface area contributed by atoms with Gasteiger partial charge in [0.2, 0.25) is 5.91 Å². The monoisotopic (exact) mass is 304 g/mol. The minimum atomic E-state index is -0.478. The quantitative estimate of drug-likeness (QED) is 0.821. The third-order valence-corrected chi connectivity index (χ3v) is 4.46. The van der Waals surface area contributed by atoms with Crippen molar-refractivity contribution in [3.05, 3.63) is 35.9 Å². The number of hydrogen-bond donors (Lipinski definition) is 1. The second-order valence-electron chi connectivity index (χ2n) is 6.50. The Kier molecular flexibility index (Phi) is 5.98. The van der Waals surface area contributed by atoms with Crippen molar-refractivity contribution < 1.29 is 9.53 Å². The fraction of sp³-hybridized carbons (Fsp3) is 0.611. The van der Waals surface area contributed by atoms with Gasteiger partial charge in [0.1, 0.15) is 0 Å². The maximum Gasteiger partial charge on any atom is 0.232 e. The molecule has 1 aliphatic heterocycles. The first-order valence-electron chi connectivity index (χ1n) is 8.22. The summed E-state index contributed by atoms with van der Waals surface area (Å²) in [6.07, 6.45) is 3.01. The van der Waals surface area contributed by atoms with Gasteiger partial charge in [-0.3, -0.25) is 4.79 Å². The lowest BCUT2D eigenvalue weighted by Gasteiger charge is -2.37. The van der Waals surface area contributed by atoms with Crippen molar-refractivity contribution in [2.75, 3.05) is 26.2 Å². The number of rotatable bonds is 6. The molecule has 0 atom stereocenters. The summed E-state index contributed by atoms with van der Waals surface area (Å²) in [6.45, 7) is 6.97. The normalized spacial score (nSPS) is 16.8. The third-order valence-electron chi connectivity index (χ3n) is 4.46. The zero-order valence-electron chi connectivity index (χ0n) is 13.8. The van der Waals surface area contributed by atoms with Gasteiger partial charge in [-0.05, 0) is 45.2 Å². The van der Waals surface area contributed by atoms with Crippen molar-refractivity contribution in [1.29, 1.82) is 0 Å². The fourth-order valence-electron chi connectivity index (χ4n) is 2.93. The Bertz CT molecular complexity index is 465. The van der Waals surface area contributed by atoms with Crippen LogP contribution in [0.1, 0.15) is 38.7 Å². The van der Waals surface area contributed by atoms with Crippen molar-refractivity contribution in [3.63, 3.8) is 0 Å². The first-order chi connectivity index (χ1) is 10.6. The highest BCUT2D eigenvalue weighted by molar-refractivity contribution is 5.87. The molecule has 1 heterocycles. The summed E-state index contributed by atoms with van der Waals surface area (Å²) in [5.41, 5.74) is 6.07. The van der Waals surface area contributed by atoms with E-state index in [-0.39, 0.29) is 12.0 Å². The zero-order valence-corrected chi connectivity index (χ0v) is 13.8. The summed E-state index contributed by atoms with van der Waals surface area (Å²) in [7, 11) is 0. The average Bonchev–Trinajstić information content (AvgIpc) is 2.56. The summed E-state index contributed by atoms with van der Waals surface area (Å²) >= 11 is 0. The predicted octanol–water partition coefficient (Wildman–Crippen LogP) is 2.32. The molecule has 0 aliphatic carbocycles. The van der Waals surface area contributed by atoms with Gasteiger partial charge < -0.3 is 15.4 Å². The summed E-state index contributed by atoms with van der Waals surface area (Å²) in [4.78, 5) is 14.8. The molecule has 0 unspecified atom stereocenters. The number of benzene rings is 1. The van der Waals surface area contributed by atoms with E-state index in [2.05, 4.69) is 0 Å². The van der Waals surface area contributed by atoms with Crippen LogP contribution in [0.2, 0.25) is 0 Å². The van der Waals surface area contributed by atoms with Crippen LogP contribution in [0, 0.1) is 0 Å². The topological polar surface area (TPSA) is 55.6 Å². The molecular weight excluding hydrogens is 276 g/mol. The van der Waals surface area contributed by atoms with E-state index in [1.54, 1.807) is 0 Å². The first kappa shape index (κ1) is 17.0. The number of hydrogen-bond acceptors (Lipinski definition) is 3. The summed E-state index contributed by atoms with van der Waals surface area (Å²) in [6, 6.07) is 10.0. The standard InChI is InChI=1S/C18H28N2O2/c1-18(2,15-7-4-3-5-8-15)17(21)20-12-9-16(10-13-20)22-14-6-11-19/h3-5,7-8,16H,6,9-14,19H2,1-2H3. The van der Waals surface area contributed by atoms with E-state index < -0.39 is 5.41 Å². The summed E-state index contributed by atoms with van der Waals surface area (Å²) in [5.74, 6) is 0.208. The second-order valence-corrected chi connectivity index (χ2v) is 6.50. The van der Waals surface area contributed by atoms with Crippen LogP contribution >= 0.6 is 0 Å². The predicted molar refractivity (Wildman–Crippen MR) is 88.7 cm³/mol. The van der Waals surface area contributed by atoms with Gasteiger partial charge in [-0.2, -0.15) is 0 Å². The van der Waals surface area contributed by atoms with Crippen LogP contribution in [-0.2, 0) is 14.9 Å². The maximum atomic E-state index is 12.9. The minimum Gasteiger partial charge on any atom is -0.378 e. The largest absolute Gasteiger partial charge is 0.378 e. The summed E-state index contributed by atoms with van der Waals surface area (Å²) < 4.78 is 5.80. The molecule has 0 bridgehead atoms. The van der Waals surface area contributed by atoms with E-state index >= 15 is 0 Å². The third kappa shape index (κ3) is 4.08. The Morgan fingerprint density at radius 3 is 2.50 bits per heavy atom. The van der Waals surface area contributed by atoms with Gasteiger partial charge in [0, 0.05) is 19.7 Å². The molecule has 4 heteroatoms. The van der Waals surface area contributed by atoms with Gasteiger partial charge in [-0.25, -0.2) is 0 Å². The Morgan fingerprint density at radius 1 is 1.27 bits per heavy atom. The van der Waals surface area contributed by atoms with Gasteiger partial charge in [-0.15, -0.1) is 0 Å². The molecule has 1 aliphatic rings. The number of carbonyl (C=O) groups is 1. The molecule has 0 saturated carbocycles. The molecule has 2 N–H and O–H groups in total. The van der Waals surface area contributed by atoms with Crippen molar-refractivity contribution in [3.8, 4) is 0 Å². The van der Waals surface area contributed by atoms with Crippen LogP contribution in [0.3, 0.4) is 0 Å². The molecule has 0 spiro atoms. The molecule has 0 aromatic heterocycles. The Balaban J connectivity index is 1.89. The van der Waals surface area contributed by atoms with Crippen LogP contribution in [0.15, 0.2) is 30.3 Å². The molecule has 1 amide bonds. The van der Waals surface area contributed by atoms with E-state index in [1.807, 2.05) is 49.1 Å². The molecule has 1 aromatic rings. The van der Waals surface area contributed by atoms with E-state index in [9.17, 15) is 4.79 Å². The average molecular weight is 304 g/mol. The Morgan fingerprint density at radius 2 is 1.91 bits per heavy atom.